The maximum absolute atomic E-state index is 12.2. The molecule has 0 saturated carbocycles. The van der Waals surface area contributed by atoms with Gasteiger partial charge in [-0.1, -0.05) is 73.7 Å². The van der Waals surface area contributed by atoms with Crippen LogP contribution in [0.2, 0.25) is 0 Å². The number of aliphatic carboxylic acids is 1. The summed E-state index contributed by atoms with van der Waals surface area (Å²) in [4.78, 5) is 25.3. The summed E-state index contributed by atoms with van der Waals surface area (Å²) in [6, 6.07) is 25.6. The third-order valence-corrected chi connectivity index (χ3v) is 7.54. The van der Waals surface area contributed by atoms with Crippen LogP contribution in [0.3, 0.4) is 0 Å². The zero-order valence-electron chi connectivity index (χ0n) is 23.2. The van der Waals surface area contributed by atoms with Gasteiger partial charge < -0.3 is 25.0 Å². The molecule has 212 valence electrons. The number of carbonyl (C=O) groups excluding carboxylic acids is 1. The number of nitrogens with zero attached hydrogens (tertiary/aromatic N) is 1. The average molecular weight is 547 g/mol. The Morgan fingerprint density at radius 1 is 0.950 bits per heavy atom. The SMILES string of the molecule is CC1C(CN(C)C(C)c2ccccc2)OC(c2cccc(NC(=O)CCC(=O)O)c2)OC1c1ccc(CO)cc1. The van der Waals surface area contributed by atoms with Crippen molar-refractivity contribution in [2.75, 3.05) is 18.9 Å². The Morgan fingerprint density at radius 2 is 1.68 bits per heavy atom. The predicted octanol–water partition coefficient (Wildman–Crippen LogP) is 5.47. The number of carboxylic acids is 1. The number of nitrogens with one attached hydrogen (secondary N) is 1. The minimum Gasteiger partial charge on any atom is -0.481 e. The minimum atomic E-state index is -1.02. The number of aliphatic hydroxyl groups is 1. The topological polar surface area (TPSA) is 108 Å². The molecule has 1 aliphatic rings. The van der Waals surface area contributed by atoms with Gasteiger partial charge in [0.05, 0.1) is 25.2 Å². The number of benzene rings is 3. The molecule has 5 unspecified atom stereocenters. The minimum absolute atomic E-state index is 0.0249. The Morgan fingerprint density at radius 3 is 2.35 bits per heavy atom. The number of carboxylic acid groups (broad SMARTS) is 1. The number of likely N-dealkylation sites (N-methyl/N-ethyl adjacent to an activating group) is 1. The lowest BCUT2D eigenvalue weighted by atomic mass is 9.89. The molecule has 40 heavy (non-hydrogen) atoms. The molecule has 3 aromatic rings. The van der Waals surface area contributed by atoms with Crippen molar-refractivity contribution in [1.29, 1.82) is 0 Å². The van der Waals surface area contributed by atoms with E-state index in [-0.39, 0.29) is 49.5 Å². The molecule has 0 aromatic heterocycles. The Kier molecular flexibility index (Phi) is 10.1. The van der Waals surface area contributed by atoms with Crippen LogP contribution in [0.25, 0.3) is 0 Å². The van der Waals surface area contributed by atoms with Crippen molar-refractivity contribution in [3.63, 3.8) is 0 Å². The van der Waals surface area contributed by atoms with E-state index in [1.165, 1.54) is 5.56 Å². The number of rotatable bonds is 11. The van der Waals surface area contributed by atoms with Crippen LogP contribution in [-0.4, -0.2) is 46.7 Å². The molecule has 3 N–H and O–H groups in total. The fourth-order valence-electron chi connectivity index (χ4n) is 4.96. The molecule has 1 saturated heterocycles. The van der Waals surface area contributed by atoms with Gasteiger partial charge in [0.25, 0.3) is 0 Å². The third-order valence-electron chi connectivity index (χ3n) is 7.54. The number of aliphatic hydroxyl groups excluding tert-OH is 1. The highest BCUT2D eigenvalue weighted by Crippen LogP contribution is 2.42. The van der Waals surface area contributed by atoms with E-state index in [0.29, 0.717) is 12.2 Å². The van der Waals surface area contributed by atoms with Crippen LogP contribution >= 0.6 is 0 Å². The van der Waals surface area contributed by atoms with Gasteiger partial charge in [-0.2, -0.15) is 0 Å². The number of ether oxygens (including phenoxy) is 2. The standard InChI is InChI=1S/C32H38N2O6/c1-21-28(19-34(3)22(2)24-8-5-4-6-9-24)39-32(40-31(21)25-14-12-23(20-35)13-15-25)26-10-7-11-27(18-26)33-29(36)16-17-30(37)38/h4-15,18,21-22,28,31-32,35H,16-17,19-20H2,1-3H3,(H,33,36)(H,37,38). The van der Waals surface area contributed by atoms with Gasteiger partial charge in [0.1, 0.15) is 0 Å². The molecule has 0 aliphatic carbocycles. The van der Waals surface area contributed by atoms with Gasteiger partial charge >= 0.3 is 5.97 Å². The Balaban J connectivity index is 1.57. The molecule has 1 aliphatic heterocycles. The number of hydrogen-bond acceptors (Lipinski definition) is 6. The first-order valence-corrected chi connectivity index (χ1v) is 13.6. The molecule has 1 heterocycles. The van der Waals surface area contributed by atoms with E-state index < -0.39 is 12.3 Å². The second kappa shape index (κ2) is 13.7. The second-order valence-corrected chi connectivity index (χ2v) is 10.4. The van der Waals surface area contributed by atoms with Crippen LogP contribution in [0.5, 0.6) is 0 Å². The maximum atomic E-state index is 12.2. The van der Waals surface area contributed by atoms with E-state index >= 15 is 0 Å². The summed E-state index contributed by atoms with van der Waals surface area (Å²) in [6.07, 6.45) is -1.43. The van der Waals surface area contributed by atoms with E-state index in [9.17, 15) is 14.7 Å². The van der Waals surface area contributed by atoms with Crippen molar-refractivity contribution in [3.05, 3.63) is 101 Å². The number of carbonyl (C=O) groups is 2. The molecule has 0 bridgehead atoms. The van der Waals surface area contributed by atoms with Crippen molar-refractivity contribution in [2.24, 2.45) is 5.92 Å². The fraction of sp³-hybridized carbons (Fsp3) is 0.375. The molecule has 0 spiro atoms. The predicted molar refractivity (Wildman–Crippen MR) is 152 cm³/mol. The van der Waals surface area contributed by atoms with Crippen LogP contribution in [0, 0.1) is 5.92 Å². The fourth-order valence-corrected chi connectivity index (χ4v) is 4.96. The largest absolute Gasteiger partial charge is 0.481 e. The summed E-state index contributed by atoms with van der Waals surface area (Å²) in [5, 5.41) is 21.1. The van der Waals surface area contributed by atoms with Crippen molar-refractivity contribution >= 4 is 17.6 Å². The quantitative estimate of drug-likeness (QED) is 0.293. The first kappa shape index (κ1) is 29.4. The Labute approximate surface area is 235 Å². The van der Waals surface area contributed by atoms with Gasteiger partial charge in [-0.25, -0.2) is 0 Å². The maximum Gasteiger partial charge on any atom is 0.303 e. The Bertz CT molecular complexity index is 1270. The van der Waals surface area contributed by atoms with Crippen molar-refractivity contribution in [2.45, 2.75) is 57.8 Å². The molecule has 5 atom stereocenters. The molecule has 0 radical (unpaired) electrons. The molecule has 8 nitrogen and oxygen atoms in total. The van der Waals surface area contributed by atoms with E-state index in [1.54, 1.807) is 12.1 Å². The van der Waals surface area contributed by atoms with Gasteiger partial charge in [0.2, 0.25) is 5.91 Å². The van der Waals surface area contributed by atoms with Crippen LogP contribution in [0.4, 0.5) is 5.69 Å². The normalized spacial score (nSPS) is 21.6. The van der Waals surface area contributed by atoms with Crippen molar-refractivity contribution < 1.29 is 29.3 Å². The molecular weight excluding hydrogens is 508 g/mol. The van der Waals surface area contributed by atoms with Gasteiger partial charge in [-0.15, -0.1) is 0 Å². The lowest BCUT2D eigenvalue weighted by Crippen LogP contribution is -2.44. The summed E-state index contributed by atoms with van der Waals surface area (Å²) >= 11 is 0. The van der Waals surface area contributed by atoms with Crippen LogP contribution in [0.1, 0.15) is 67.4 Å². The second-order valence-electron chi connectivity index (χ2n) is 10.4. The number of amides is 1. The molecule has 8 heteroatoms. The first-order chi connectivity index (χ1) is 19.2. The monoisotopic (exact) mass is 546 g/mol. The highest BCUT2D eigenvalue weighted by molar-refractivity contribution is 5.92. The van der Waals surface area contributed by atoms with E-state index in [4.69, 9.17) is 14.6 Å². The lowest BCUT2D eigenvalue weighted by molar-refractivity contribution is -0.276. The van der Waals surface area contributed by atoms with Gasteiger partial charge in [-0.3, -0.25) is 14.5 Å². The lowest BCUT2D eigenvalue weighted by Gasteiger charge is -2.43. The zero-order chi connectivity index (χ0) is 28.6. The van der Waals surface area contributed by atoms with E-state index in [0.717, 1.165) is 16.7 Å². The molecule has 1 fully saturated rings. The zero-order valence-corrected chi connectivity index (χ0v) is 23.2. The summed E-state index contributed by atoms with van der Waals surface area (Å²) in [5.74, 6) is -1.35. The summed E-state index contributed by atoms with van der Waals surface area (Å²) < 4.78 is 13.1. The molecular formula is C32H38N2O6. The third kappa shape index (κ3) is 7.55. The van der Waals surface area contributed by atoms with Gasteiger partial charge in [-0.05, 0) is 42.8 Å². The Hall–Kier alpha value is -3.56. The van der Waals surface area contributed by atoms with E-state index in [2.05, 4.69) is 43.2 Å². The van der Waals surface area contributed by atoms with Crippen LogP contribution < -0.4 is 5.32 Å². The van der Waals surface area contributed by atoms with Gasteiger partial charge in [0.15, 0.2) is 6.29 Å². The molecule has 4 rings (SSSR count). The smallest absolute Gasteiger partial charge is 0.303 e. The molecule has 3 aromatic carbocycles. The summed E-state index contributed by atoms with van der Waals surface area (Å²) in [5.41, 5.74) is 4.36. The number of hydrogen-bond donors (Lipinski definition) is 3. The highest BCUT2D eigenvalue weighted by Gasteiger charge is 2.39. The average Bonchev–Trinajstić information content (AvgIpc) is 2.97. The number of anilines is 1. The van der Waals surface area contributed by atoms with Crippen LogP contribution in [0.15, 0.2) is 78.9 Å². The van der Waals surface area contributed by atoms with Crippen LogP contribution in [-0.2, 0) is 25.7 Å². The van der Waals surface area contributed by atoms with Crippen molar-refractivity contribution in [3.8, 4) is 0 Å². The van der Waals surface area contributed by atoms with Crippen molar-refractivity contribution in [1.82, 2.24) is 4.90 Å². The molecule has 1 amide bonds. The van der Waals surface area contributed by atoms with Gasteiger partial charge in [0, 0.05) is 36.2 Å². The summed E-state index contributed by atoms with van der Waals surface area (Å²) in [7, 11) is 2.09. The first-order valence-electron chi connectivity index (χ1n) is 13.6. The highest BCUT2D eigenvalue weighted by atomic mass is 16.7. The van der Waals surface area contributed by atoms with E-state index in [1.807, 2.05) is 54.6 Å². The summed E-state index contributed by atoms with van der Waals surface area (Å²) in [6.45, 7) is 4.96.